The summed E-state index contributed by atoms with van der Waals surface area (Å²) in [5, 5.41) is 0. The van der Waals surface area contributed by atoms with Gasteiger partial charge >= 0.3 is 13.4 Å². The van der Waals surface area contributed by atoms with E-state index in [0.29, 0.717) is 11.1 Å². The molecule has 0 saturated carbocycles. The van der Waals surface area contributed by atoms with E-state index in [0.717, 1.165) is 12.1 Å². The molecule has 0 radical (unpaired) electrons. The number of nitrogens with zero attached hydrogens (tertiary/aromatic N) is 3. The number of rotatable bonds is 12. The van der Waals surface area contributed by atoms with E-state index in [1.54, 1.807) is 6.07 Å². The quantitative estimate of drug-likeness (QED) is 0.160. The minimum absolute atomic E-state index is 0.0296. The minimum atomic E-state index is -4.07. The van der Waals surface area contributed by atoms with Crippen molar-refractivity contribution in [2.24, 2.45) is 0 Å². The molecule has 1 unspecified atom stereocenters. The van der Waals surface area contributed by atoms with Crippen LogP contribution in [0.3, 0.4) is 0 Å². The van der Waals surface area contributed by atoms with Gasteiger partial charge in [-0.15, -0.1) is 0 Å². The number of H-pyrrole nitrogens is 1. The first-order valence-corrected chi connectivity index (χ1v) is 13.7. The van der Waals surface area contributed by atoms with Gasteiger partial charge in [0.25, 0.3) is 5.56 Å². The Kier molecular flexibility index (Phi) is 8.21. The van der Waals surface area contributed by atoms with Crippen LogP contribution >= 0.6 is 7.60 Å². The van der Waals surface area contributed by atoms with Crippen molar-refractivity contribution in [1.82, 2.24) is 19.5 Å². The van der Waals surface area contributed by atoms with Crippen LogP contribution in [0.15, 0.2) is 73.3 Å². The van der Waals surface area contributed by atoms with Gasteiger partial charge in [0.1, 0.15) is 24.6 Å². The molecule has 0 aliphatic heterocycles. The van der Waals surface area contributed by atoms with Crippen LogP contribution in [0.1, 0.15) is 11.3 Å². The number of nitrogens with one attached hydrogen (secondary N) is 1. The molecular weight excluding hydrogens is 567 g/mol. The lowest BCUT2D eigenvalue weighted by atomic mass is 10.1. The average molecular weight is 589 g/mol. The van der Waals surface area contributed by atoms with Crippen LogP contribution in [0.5, 0.6) is 0 Å². The minimum Gasteiger partial charge on any atom is -0.393 e. The predicted molar refractivity (Wildman–Crippen MR) is 140 cm³/mol. The normalized spacial score (nSPS) is 13.0. The van der Waals surface area contributed by atoms with Crippen LogP contribution in [0.4, 0.5) is 14.7 Å². The van der Waals surface area contributed by atoms with E-state index in [1.165, 1.54) is 41.2 Å². The number of aromatic amines is 1. The number of ether oxygens (including phenoxy) is 1. The summed E-state index contributed by atoms with van der Waals surface area (Å²) in [6.45, 7) is -0.684. The highest BCUT2D eigenvalue weighted by atomic mass is 31.2. The van der Waals surface area contributed by atoms with Gasteiger partial charge in [0.15, 0.2) is 22.7 Å². The molecule has 0 bridgehead atoms. The van der Waals surface area contributed by atoms with E-state index >= 15 is 0 Å². The van der Waals surface area contributed by atoms with Crippen molar-refractivity contribution in [2.45, 2.75) is 19.8 Å². The first-order chi connectivity index (χ1) is 19.7. The number of nitrogen functional groups attached to an aromatic ring is 1. The number of hydrogen-bond donors (Lipinski definition) is 2. The lowest BCUT2D eigenvalue weighted by Gasteiger charge is -2.18. The number of fused-ring (bicyclic) bond motifs is 1. The summed E-state index contributed by atoms with van der Waals surface area (Å²) in [7, 11) is -4.07. The van der Waals surface area contributed by atoms with Crippen molar-refractivity contribution in [3.8, 4) is 11.3 Å². The van der Waals surface area contributed by atoms with Crippen LogP contribution < -0.4 is 17.1 Å². The zero-order valence-corrected chi connectivity index (χ0v) is 22.0. The molecule has 2 aromatic carbocycles. The maximum absolute atomic E-state index is 13.7. The van der Waals surface area contributed by atoms with Crippen molar-refractivity contribution in [3.63, 3.8) is 0 Å². The molecule has 1 atom stereocenters. The molecular formula is C25H22F2N5O8P. The monoisotopic (exact) mass is 589 g/mol. The number of aromatic nitrogens is 4. The summed E-state index contributed by atoms with van der Waals surface area (Å²) < 4.78 is 69.0. The summed E-state index contributed by atoms with van der Waals surface area (Å²) in [6.07, 6.45) is 0.837. The van der Waals surface area contributed by atoms with E-state index in [2.05, 4.69) is 15.0 Å². The van der Waals surface area contributed by atoms with Crippen LogP contribution in [0.25, 0.3) is 22.5 Å². The second-order valence-corrected chi connectivity index (χ2v) is 10.6. The summed E-state index contributed by atoms with van der Waals surface area (Å²) in [5.74, 6) is -2.30. The Morgan fingerprint density at radius 2 is 1.80 bits per heavy atom. The molecule has 3 aromatic heterocycles. The second kappa shape index (κ2) is 12.0. The first-order valence-electron chi connectivity index (χ1n) is 12.0. The lowest BCUT2D eigenvalue weighted by molar-refractivity contribution is 0.114. The molecule has 0 spiro atoms. The summed E-state index contributed by atoms with van der Waals surface area (Å²) >= 11 is 0. The molecule has 3 N–H and O–H groups in total. The Bertz CT molecular complexity index is 1830. The van der Waals surface area contributed by atoms with Crippen molar-refractivity contribution >= 4 is 24.7 Å². The third-order valence-corrected chi connectivity index (χ3v) is 7.22. The SMILES string of the molecule is Nc1nc2c(ncn2CCOCP(=O)(OCc2cccc(F)c2)OCc2oc(=O)oc2-c2ccc(F)cc2)c(=O)[nH]1. The predicted octanol–water partition coefficient (Wildman–Crippen LogP) is 3.79. The van der Waals surface area contributed by atoms with Crippen molar-refractivity contribution in [2.75, 3.05) is 18.7 Å². The second-order valence-electron chi connectivity index (χ2n) is 8.60. The van der Waals surface area contributed by atoms with Crippen LogP contribution in [0, 0.1) is 11.6 Å². The Balaban J connectivity index is 1.29. The van der Waals surface area contributed by atoms with Crippen molar-refractivity contribution in [3.05, 3.63) is 98.8 Å². The third-order valence-electron chi connectivity index (χ3n) is 5.68. The Morgan fingerprint density at radius 1 is 1.02 bits per heavy atom. The number of imidazole rings is 1. The van der Waals surface area contributed by atoms with E-state index in [-0.39, 0.29) is 48.4 Å². The topological polar surface area (TPSA) is 178 Å². The zero-order chi connectivity index (χ0) is 29.0. The number of anilines is 1. The van der Waals surface area contributed by atoms with Crippen LogP contribution in [0.2, 0.25) is 0 Å². The smallest absolute Gasteiger partial charge is 0.393 e. The summed E-state index contributed by atoms with van der Waals surface area (Å²) in [4.78, 5) is 34.2. The van der Waals surface area contributed by atoms with Gasteiger partial charge < -0.3 is 28.4 Å². The third kappa shape index (κ3) is 6.84. The van der Waals surface area contributed by atoms with Crippen LogP contribution in [-0.4, -0.2) is 32.5 Å². The average Bonchev–Trinajstić information content (AvgIpc) is 3.52. The molecule has 0 saturated heterocycles. The largest absolute Gasteiger partial charge is 0.519 e. The van der Waals surface area contributed by atoms with E-state index < -0.39 is 43.6 Å². The molecule has 3 heterocycles. The maximum atomic E-state index is 13.7. The number of halogens is 2. The highest BCUT2D eigenvalue weighted by Gasteiger charge is 2.28. The van der Waals surface area contributed by atoms with Crippen molar-refractivity contribution in [1.29, 1.82) is 0 Å². The van der Waals surface area contributed by atoms with Gasteiger partial charge in [-0.3, -0.25) is 18.9 Å². The van der Waals surface area contributed by atoms with Gasteiger partial charge in [-0.2, -0.15) is 4.98 Å². The van der Waals surface area contributed by atoms with E-state index in [4.69, 9.17) is 28.4 Å². The number of hydrogen-bond acceptors (Lipinski definition) is 11. The fourth-order valence-electron chi connectivity index (χ4n) is 3.77. The molecule has 0 aliphatic carbocycles. The van der Waals surface area contributed by atoms with Gasteiger partial charge in [-0.1, -0.05) is 12.1 Å². The highest BCUT2D eigenvalue weighted by molar-refractivity contribution is 7.53. The molecule has 16 heteroatoms. The van der Waals surface area contributed by atoms with Gasteiger partial charge in [-0.05, 0) is 42.0 Å². The number of benzene rings is 2. The van der Waals surface area contributed by atoms with Gasteiger partial charge in [0, 0.05) is 12.1 Å². The lowest BCUT2D eigenvalue weighted by Crippen LogP contribution is -2.13. The molecule has 5 rings (SSSR count). The molecule has 0 aliphatic rings. The summed E-state index contributed by atoms with van der Waals surface area (Å²) in [6, 6.07) is 10.5. The summed E-state index contributed by atoms with van der Waals surface area (Å²) in [5.41, 5.74) is 6.14. The molecule has 0 amide bonds. The highest BCUT2D eigenvalue weighted by Crippen LogP contribution is 2.50. The van der Waals surface area contributed by atoms with Crippen LogP contribution in [-0.2, 0) is 38.1 Å². The molecule has 13 nitrogen and oxygen atoms in total. The van der Waals surface area contributed by atoms with Gasteiger partial charge in [0.05, 0.1) is 19.5 Å². The fraction of sp³-hybridized carbons (Fsp3) is 0.200. The Labute approximate surface area is 229 Å². The van der Waals surface area contributed by atoms with Gasteiger partial charge in [-0.25, -0.2) is 18.6 Å². The van der Waals surface area contributed by atoms with Gasteiger partial charge in [0.2, 0.25) is 5.95 Å². The number of nitrogens with two attached hydrogens (primary N) is 1. The van der Waals surface area contributed by atoms with E-state index in [1.807, 2.05) is 0 Å². The molecule has 214 valence electrons. The maximum Gasteiger partial charge on any atom is 0.519 e. The Hall–Kier alpha value is -4.43. The van der Waals surface area contributed by atoms with Crippen molar-refractivity contribution < 1.29 is 36.0 Å². The zero-order valence-electron chi connectivity index (χ0n) is 21.1. The standard InChI is InChI=1S/C25H22F2N5O8P/c26-17-6-4-16(5-7-17)21-19(39-25(34)40-21)12-38-41(35,37-11-15-2-1-3-18(27)10-15)14-36-9-8-32-13-29-20-22(32)30-24(28)31-23(20)33/h1-7,10,13H,8-9,11-12,14H2,(H3,28,30,31,33). The molecule has 41 heavy (non-hydrogen) atoms. The molecule has 5 aromatic rings. The fourth-order valence-corrected chi connectivity index (χ4v) is 5.00. The first kappa shape index (κ1) is 28.1. The van der Waals surface area contributed by atoms with E-state index in [9.17, 15) is 22.9 Å². The molecule has 0 fully saturated rings. The Morgan fingerprint density at radius 3 is 2.59 bits per heavy atom.